The second-order valence-corrected chi connectivity index (χ2v) is 5.57. The van der Waals surface area contributed by atoms with E-state index < -0.39 is 10.0 Å². The number of rotatable bonds is 7. The lowest BCUT2D eigenvalue weighted by Crippen LogP contribution is -2.14. The lowest BCUT2D eigenvalue weighted by molar-refractivity contribution is 0.183. The Balaban J connectivity index is 2.71. The number of methoxy groups -OCH3 is 1. The zero-order valence-electron chi connectivity index (χ0n) is 10.7. The topological polar surface area (TPSA) is 78.6 Å². The van der Waals surface area contributed by atoms with Crippen molar-refractivity contribution in [1.29, 1.82) is 0 Å². The van der Waals surface area contributed by atoms with Gasteiger partial charge in [-0.15, -0.1) is 0 Å². The van der Waals surface area contributed by atoms with Crippen LogP contribution in [0.25, 0.3) is 0 Å². The van der Waals surface area contributed by atoms with Crippen molar-refractivity contribution >= 4 is 10.0 Å². The first-order chi connectivity index (χ1) is 8.45. The molecule has 0 aliphatic rings. The highest BCUT2D eigenvalue weighted by Crippen LogP contribution is 2.24. The van der Waals surface area contributed by atoms with E-state index in [4.69, 9.17) is 14.6 Å². The average molecular weight is 273 g/mol. The SMILES string of the molecule is COCCCCOc1ccc(C)cc1S(N)(=O)=O. The molecule has 0 aliphatic carbocycles. The summed E-state index contributed by atoms with van der Waals surface area (Å²) in [5.41, 5.74) is 0.825. The Kier molecular flexibility index (Phi) is 5.58. The second-order valence-electron chi connectivity index (χ2n) is 4.04. The fourth-order valence-corrected chi connectivity index (χ4v) is 2.25. The number of ether oxygens (including phenoxy) is 2. The minimum atomic E-state index is -3.75. The van der Waals surface area contributed by atoms with Crippen LogP contribution in [0.15, 0.2) is 23.1 Å². The van der Waals surface area contributed by atoms with E-state index in [2.05, 4.69) is 0 Å². The molecule has 0 amide bonds. The number of sulfonamides is 1. The summed E-state index contributed by atoms with van der Waals surface area (Å²) in [6, 6.07) is 4.93. The summed E-state index contributed by atoms with van der Waals surface area (Å²) in [5, 5.41) is 5.15. The highest BCUT2D eigenvalue weighted by molar-refractivity contribution is 7.89. The highest BCUT2D eigenvalue weighted by Gasteiger charge is 2.15. The van der Waals surface area contributed by atoms with Gasteiger partial charge in [-0.05, 0) is 37.5 Å². The fourth-order valence-electron chi connectivity index (χ4n) is 1.49. The molecular formula is C12H19NO4S. The number of aryl methyl sites for hydroxylation is 1. The lowest BCUT2D eigenvalue weighted by Gasteiger charge is -2.10. The molecule has 102 valence electrons. The quantitative estimate of drug-likeness (QED) is 0.763. The van der Waals surface area contributed by atoms with Crippen LogP contribution < -0.4 is 9.88 Å². The maximum absolute atomic E-state index is 11.4. The maximum atomic E-state index is 11.4. The van der Waals surface area contributed by atoms with Crippen LogP contribution in [0, 0.1) is 6.92 Å². The van der Waals surface area contributed by atoms with E-state index in [-0.39, 0.29) is 4.90 Å². The van der Waals surface area contributed by atoms with Crippen molar-refractivity contribution in [1.82, 2.24) is 0 Å². The summed E-state index contributed by atoms with van der Waals surface area (Å²) in [4.78, 5) is 0.0363. The largest absolute Gasteiger partial charge is 0.492 e. The Bertz CT molecular complexity index is 485. The molecule has 2 N–H and O–H groups in total. The summed E-state index contributed by atoms with van der Waals surface area (Å²) in [5.74, 6) is 0.306. The smallest absolute Gasteiger partial charge is 0.241 e. The van der Waals surface area contributed by atoms with Gasteiger partial charge in [-0.2, -0.15) is 0 Å². The standard InChI is InChI=1S/C12H19NO4S/c1-10-5-6-11(12(9-10)18(13,14)15)17-8-4-3-7-16-2/h5-6,9H,3-4,7-8H2,1-2H3,(H2,13,14,15). The normalized spacial score (nSPS) is 11.5. The second kappa shape index (κ2) is 6.72. The number of hydrogen-bond acceptors (Lipinski definition) is 4. The molecule has 5 nitrogen and oxygen atoms in total. The van der Waals surface area contributed by atoms with Gasteiger partial charge in [0.05, 0.1) is 6.61 Å². The van der Waals surface area contributed by atoms with Gasteiger partial charge in [0.15, 0.2) is 0 Å². The van der Waals surface area contributed by atoms with Gasteiger partial charge < -0.3 is 9.47 Å². The first-order valence-corrected chi connectivity index (χ1v) is 7.25. The predicted octanol–water partition coefficient (Wildman–Crippen LogP) is 1.45. The van der Waals surface area contributed by atoms with Crippen LogP contribution >= 0.6 is 0 Å². The Morgan fingerprint density at radius 2 is 1.89 bits per heavy atom. The van der Waals surface area contributed by atoms with Gasteiger partial charge in [-0.3, -0.25) is 0 Å². The minimum Gasteiger partial charge on any atom is -0.492 e. The van der Waals surface area contributed by atoms with Gasteiger partial charge >= 0.3 is 0 Å². The molecule has 0 spiro atoms. The van der Waals surface area contributed by atoms with Gasteiger partial charge in [-0.25, -0.2) is 13.6 Å². The lowest BCUT2D eigenvalue weighted by atomic mass is 10.2. The monoisotopic (exact) mass is 273 g/mol. The van der Waals surface area contributed by atoms with Gasteiger partial charge in [-0.1, -0.05) is 6.07 Å². The molecule has 0 atom stereocenters. The van der Waals surface area contributed by atoms with Gasteiger partial charge in [0.1, 0.15) is 10.6 Å². The molecule has 6 heteroatoms. The molecule has 0 bridgehead atoms. The molecule has 0 heterocycles. The summed E-state index contributed by atoms with van der Waals surface area (Å²) < 4.78 is 33.2. The van der Waals surface area contributed by atoms with E-state index >= 15 is 0 Å². The molecular weight excluding hydrogens is 254 g/mol. The first-order valence-electron chi connectivity index (χ1n) is 5.70. The van der Waals surface area contributed by atoms with Crippen LogP contribution in [-0.4, -0.2) is 28.7 Å². The van der Waals surface area contributed by atoms with Crippen molar-refractivity contribution in [2.24, 2.45) is 5.14 Å². The molecule has 0 aliphatic heterocycles. The summed E-state index contributed by atoms with van der Waals surface area (Å²) >= 11 is 0. The van der Waals surface area contributed by atoms with Crippen LogP contribution in [-0.2, 0) is 14.8 Å². The Hall–Kier alpha value is -1.11. The minimum absolute atomic E-state index is 0.0363. The van der Waals surface area contributed by atoms with Crippen molar-refractivity contribution in [3.05, 3.63) is 23.8 Å². The summed E-state index contributed by atoms with van der Waals surface area (Å²) in [6.07, 6.45) is 1.67. The number of unbranched alkanes of at least 4 members (excludes halogenated alkanes) is 1. The van der Waals surface area contributed by atoms with Crippen molar-refractivity contribution < 1.29 is 17.9 Å². The van der Waals surface area contributed by atoms with Crippen molar-refractivity contribution in [3.8, 4) is 5.75 Å². The van der Waals surface area contributed by atoms with Crippen LogP contribution in [0.4, 0.5) is 0 Å². The Labute approximate surface area is 108 Å². The van der Waals surface area contributed by atoms with E-state index in [9.17, 15) is 8.42 Å². The Morgan fingerprint density at radius 1 is 1.22 bits per heavy atom. The van der Waals surface area contributed by atoms with Crippen molar-refractivity contribution in [2.75, 3.05) is 20.3 Å². The van der Waals surface area contributed by atoms with Gasteiger partial charge in [0.25, 0.3) is 0 Å². The molecule has 1 aromatic rings. The first kappa shape index (κ1) is 14.9. The van der Waals surface area contributed by atoms with Gasteiger partial charge in [0.2, 0.25) is 10.0 Å². The summed E-state index contributed by atoms with van der Waals surface area (Å²) in [6.45, 7) is 2.91. The van der Waals surface area contributed by atoms with E-state index in [1.54, 1.807) is 26.2 Å². The van der Waals surface area contributed by atoms with E-state index in [0.717, 1.165) is 18.4 Å². The summed E-state index contributed by atoms with van der Waals surface area (Å²) in [7, 11) is -2.11. The molecule has 0 unspecified atom stereocenters. The molecule has 0 aromatic heterocycles. The van der Waals surface area contributed by atoms with Crippen LogP contribution in [0.5, 0.6) is 5.75 Å². The molecule has 18 heavy (non-hydrogen) atoms. The third-order valence-corrected chi connectivity index (χ3v) is 3.34. The van der Waals surface area contributed by atoms with Gasteiger partial charge in [0, 0.05) is 13.7 Å². The third-order valence-electron chi connectivity index (χ3n) is 2.41. The van der Waals surface area contributed by atoms with E-state index in [1.165, 1.54) is 6.07 Å². The number of primary sulfonamides is 1. The highest BCUT2D eigenvalue weighted by atomic mass is 32.2. The zero-order valence-corrected chi connectivity index (χ0v) is 11.5. The zero-order chi connectivity index (χ0) is 13.6. The third kappa shape index (κ3) is 4.64. The Morgan fingerprint density at radius 3 is 2.50 bits per heavy atom. The predicted molar refractivity (Wildman–Crippen MR) is 69.2 cm³/mol. The van der Waals surface area contributed by atoms with Crippen LogP contribution in [0.3, 0.4) is 0 Å². The number of benzene rings is 1. The molecule has 1 rings (SSSR count). The number of hydrogen-bond donors (Lipinski definition) is 1. The molecule has 0 fully saturated rings. The maximum Gasteiger partial charge on any atom is 0.241 e. The van der Waals surface area contributed by atoms with E-state index in [1.807, 2.05) is 0 Å². The molecule has 0 saturated carbocycles. The van der Waals surface area contributed by atoms with E-state index in [0.29, 0.717) is 19.0 Å². The average Bonchev–Trinajstić information content (AvgIpc) is 2.29. The molecule has 1 aromatic carbocycles. The van der Waals surface area contributed by atoms with Crippen LogP contribution in [0.2, 0.25) is 0 Å². The van der Waals surface area contributed by atoms with Crippen LogP contribution in [0.1, 0.15) is 18.4 Å². The molecule has 0 saturated heterocycles. The van der Waals surface area contributed by atoms with Crippen molar-refractivity contribution in [3.63, 3.8) is 0 Å². The molecule has 0 radical (unpaired) electrons. The van der Waals surface area contributed by atoms with Crippen molar-refractivity contribution in [2.45, 2.75) is 24.7 Å². The fraction of sp³-hybridized carbons (Fsp3) is 0.500. The number of nitrogens with two attached hydrogens (primary N) is 1.